The van der Waals surface area contributed by atoms with Crippen LogP contribution in [0.5, 0.6) is 28.7 Å². The molecule has 0 aliphatic carbocycles. The summed E-state index contributed by atoms with van der Waals surface area (Å²) < 4.78 is 22.2. The van der Waals surface area contributed by atoms with Crippen LogP contribution in [0.4, 0.5) is 11.4 Å². The number of amides is 2. The van der Waals surface area contributed by atoms with Crippen LogP contribution in [0, 0.1) is 5.92 Å². The van der Waals surface area contributed by atoms with Crippen LogP contribution in [0.25, 0.3) is 0 Å². The monoisotopic (exact) mass is 536 g/mol. The molecule has 4 aromatic rings. The third-order valence-corrected chi connectivity index (χ3v) is 7.13. The predicted octanol–water partition coefficient (Wildman–Crippen LogP) is 6.34. The molecule has 0 bridgehead atoms. The van der Waals surface area contributed by atoms with Crippen LogP contribution in [-0.2, 0) is 9.59 Å². The van der Waals surface area contributed by atoms with Gasteiger partial charge in [-0.15, -0.1) is 0 Å². The van der Waals surface area contributed by atoms with Crippen LogP contribution in [0.15, 0.2) is 97.1 Å². The molecule has 2 atom stereocenters. The molecule has 0 spiro atoms. The van der Waals surface area contributed by atoms with Gasteiger partial charge in [-0.05, 0) is 72.6 Å². The fourth-order valence-electron chi connectivity index (χ4n) is 5.15. The molecule has 1 fully saturated rings. The fourth-order valence-corrected chi connectivity index (χ4v) is 5.15. The normalized spacial score (nSPS) is 17.8. The molecule has 8 heteroatoms. The number of carbonyl (C=O) groups excluding carboxylic acids is 2. The van der Waals surface area contributed by atoms with Gasteiger partial charge in [0.05, 0.1) is 19.1 Å². The lowest BCUT2D eigenvalue weighted by molar-refractivity contribution is -0.125. The van der Waals surface area contributed by atoms with Crippen LogP contribution in [0.2, 0.25) is 0 Å². The Morgan fingerprint density at radius 2 is 1.55 bits per heavy atom. The first-order valence-electron chi connectivity index (χ1n) is 13.1. The molecule has 202 valence electrons. The van der Waals surface area contributed by atoms with Crippen molar-refractivity contribution in [2.75, 3.05) is 24.1 Å². The third kappa shape index (κ3) is 5.16. The first kappa shape index (κ1) is 25.3. The first-order chi connectivity index (χ1) is 19.6. The molecule has 0 saturated carbocycles. The Kier molecular flexibility index (Phi) is 6.97. The minimum absolute atomic E-state index is 0.0638. The van der Waals surface area contributed by atoms with Gasteiger partial charge in [-0.2, -0.15) is 0 Å². The fraction of sp³-hybridized carbons (Fsp3) is 0.188. The van der Waals surface area contributed by atoms with Gasteiger partial charge in [-0.1, -0.05) is 30.3 Å². The zero-order valence-corrected chi connectivity index (χ0v) is 21.9. The van der Waals surface area contributed by atoms with E-state index in [4.69, 9.17) is 18.9 Å². The number of methoxy groups -OCH3 is 1. The molecule has 8 nitrogen and oxygen atoms in total. The number of hydrogen-bond donors (Lipinski definition) is 1. The van der Waals surface area contributed by atoms with Crippen LogP contribution >= 0.6 is 0 Å². The van der Waals surface area contributed by atoms with E-state index in [1.165, 1.54) is 0 Å². The Labute approximate surface area is 232 Å². The molecule has 4 aromatic carbocycles. The number of hydrogen-bond acceptors (Lipinski definition) is 6. The summed E-state index contributed by atoms with van der Waals surface area (Å²) in [6.07, 6.45) is 0.653. The van der Waals surface area contributed by atoms with Crippen LogP contribution in [0.1, 0.15) is 24.4 Å². The Hall–Kier alpha value is -4.98. The minimum atomic E-state index is -0.534. The summed E-state index contributed by atoms with van der Waals surface area (Å²) in [5.74, 6) is 2.55. The second-order valence-corrected chi connectivity index (χ2v) is 9.59. The Morgan fingerprint density at radius 3 is 2.30 bits per heavy atom. The van der Waals surface area contributed by atoms with E-state index >= 15 is 0 Å². The number of ether oxygens (including phenoxy) is 4. The lowest BCUT2D eigenvalue weighted by Gasteiger charge is -2.41. The zero-order chi connectivity index (χ0) is 27.5. The van der Waals surface area contributed by atoms with Crippen molar-refractivity contribution in [3.05, 3.63) is 103 Å². The van der Waals surface area contributed by atoms with Gasteiger partial charge in [-0.25, -0.2) is 0 Å². The highest BCUT2D eigenvalue weighted by molar-refractivity contribution is 6.00. The van der Waals surface area contributed by atoms with Gasteiger partial charge in [0.2, 0.25) is 18.6 Å². The standard InChI is InChI=1S/C32H28N2O6/c1-37-24-12-7-21(8-13-24)31-27(16-18-30(35)34(31)23-11-17-28-29(19-23)39-20-38-28)32(36)33-22-9-14-26(15-10-22)40-25-5-3-2-4-6-25/h2-15,17,19,27,31H,16,18,20H2,1H3,(H,33,36)/t27-,31-/m0/s1. The highest BCUT2D eigenvalue weighted by Crippen LogP contribution is 2.44. The van der Waals surface area contributed by atoms with Crippen molar-refractivity contribution >= 4 is 23.2 Å². The predicted molar refractivity (Wildman–Crippen MR) is 150 cm³/mol. The maximum absolute atomic E-state index is 13.8. The molecule has 1 saturated heterocycles. The minimum Gasteiger partial charge on any atom is -0.497 e. The van der Waals surface area contributed by atoms with Crippen molar-refractivity contribution in [3.8, 4) is 28.7 Å². The molecule has 2 amide bonds. The summed E-state index contributed by atoms with van der Waals surface area (Å²) in [6.45, 7) is 0.134. The number of para-hydroxylation sites is 1. The lowest BCUT2D eigenvalue weighted by atomic mass is 9.83. The van der Waals surface area contributed by atoms with Crippen LogP contribution in [-0.4, -0.2) is 25.7 Å². The molecule has 1 N–H and O–H groups in total. The molecular weight excluding hydrogens is 508 g/mol. The van der Waals surface area contributed by atoms with E-state index in [1.54, 1.807) is 24.1 Å². The molecule has 40 heavy (non-hydrogen) atoms. The van der Waals surface area contributed by atoms with Crippen LogP contribution in [0.3, 0.4) is 0 Å². The Morgan fingerprint density at radius 1 is 0.850 bits per heavy atom. The topological polar surface area (TPSA) is 86.3 Å². The molecule has 2 aliphatic heterocycles. The number of carbonyl (C=O) groups is 2. The molecule has 0 radical (unpaired) electrons. The number of fused-ring (bicyclic) bond motifs is 1. The number of nitrogens with one attached hydrogen (secondary N) is 1. The molecular formula is C32H28N2O6. The van der Waals surface area contributed by atoms with Gasteiger partial charge in [0.1, 0.15) is 17.2 Å². The third-order valence-electron chi connectivity index (χ3n) is 7.13. The SMILES string of the molecule is COc1ccc([C@H]2[C@@H](C(=O)Nc3ccc(Oc4ccccc4)cc3)CCC(=O)N2c2ccc3c(c2)OCO3)cc1. The maximum atomic E-state index is 13.8. The van der Waals surface area contributed by atoms with Crippen LogP contribution < -0.4 is 29.2 Å². The van der Waals surface area contributed by atoms with Crippen molar-refractivity contribution in [2.24, 2.45) is 5.92 Å². The van der Waals surface area contributed by atoms with Crippen molar-refractivity contribution in [1.29, 1.82) is 0 Å². The van der Waals surface area contributed by atoms with Crippen molar-refractivity contribution in [1.82, 2.24) is 0 Å². The maximum Gasteiger partial charge on any atom is 0.231 e. The van der Waals surface area contributed by atoms with E-state index < -0.39 is 12.0 Å². The van der Waals surface area contributed by atoms with Crippen molar-refractivity contribution in [3.63, 3.8) is 0 Å². The summed E-state index contributed by atoms with van der Waals surface area (Å²) in [4.78, 5) is 28.9. The second-order valence-electron chi connectivity index (χ2n) is 9.59. The van der Waals surface area contributed by atoms with Crippen molar-refractivity contribution in [2.45, 2.75) is 18.9 Å². The van der Waals surface area contributed by atoms with Gasteiger partial charge in [-0.3, -0.25) is 9.59 Å². The van der Waals surface area contributed by atoms with Gasteiger partial charge >= 0.3 is 0 Å². The summed E-state index contributed by atoms with van der Waals surface area (Å²) in [5, 5.41) is 3.05. The number of anilines is 2. The molecule has 0 aromatic heterocycles. The van der Waals surface area contributed by atoms with Gasteiger partial charge in [0.25, 0.3) is 0 Å². The van der Waals surface area contributed by atoms with Gasteiger partial charge in [0, 0.05) is 23.9 Å². The van der Waals surface area contributed by atoms with Crippen molar-refractivity contribution < 1.29 is 28.5 Å². The summed E-state index contributed by atoms with van der Waals surface area (Å²) >= 11 is 0. The Bertz CT molecular complexity index is 1510. The number of piperidine rings is 1. The molecule has 6 rings (SSSR count). The summed E-state index contributed by atoms with van der Waals surface area (Å²) in [6, 6.07) is 29.1. The average Bonchev–Trinajstić information content (AvgIpc) is 3.47. The zero-order valence-electron chi connectivity index (χ0n) is 21.9. The first-order valence-corrected chi connectivity index (χ1v) is 13.1. The van der Waals surface area contributed by atoms with Gasteiger partial charge in [0.15, 0.2) is 11.5 Å². The van der Waals surface area contributed by atoms with E-state index in [9.17, 15) is 9.59 Å². The Balaban J connectivity index is 1.28. The summed E-state index contributed by atoms with van der Waals surface area (Å²) in [5.41, 5.74) is 2.12. The smallest absolute Gasteiger partial charge is 0.231 e. The van der Waals surface area contributed by atoms with E-state index in [-0.39, 0.29) is 25.0 Å². The largest absolute Gasteiger partial charge is 0.497 e. The van der Waals surface area contributed by atoms with E-state index in [0.29, 0.717) is 40.8 Å². The lowest BCUT2D eigenvalue weighted by Crippen LogP contribution is -2.46. The summed E-state index contributed by atoms with van der Waals surface area (Å²) in [7, 11) is 1.60. The number of rotatable bonds is 7. The molecule has 2 aliphatic rings. The highest BCUT2D eigenvalue weighted by atomic mass is 16.7. The molecule has 2 heterocycles. The van der Waals surface area contributed by atoms with Gasteiger partial charge < -0.3 is 29.2 Å². The van der Waals surface area contributed by atoms with E-state index in [2.05, 4.69) is 5.32 Å². The highest BCUT2D eigenvalue weighted by Gasteiger charge is 2.42. The van der Waals surface area contributed by atoms with E-state index in [1.807, 2.05) is 84.9 Å². The second kappa shape index (κ2) is 11.0. The number of nitrogens with zero attached hydrogens (tertiary/aromatic N) is 1. The average molecular weight is 537 g/mol. The number of benzene rings is 4. The van der Waals surface area contributed by atoms with E-state index in [0.717, 1.165) is 11.3 Å². The quantitative estimate of drug-likeness (QED) is 0.297. The molecule has 0 unspecified atom stereocenters.